The molecule has 11 nitrogen and oxygen atoms in total. The van der Waals surface area contributed by atoms with Gasteiger partial charge in [-0.2, -0.15) is 0 Å². The van der Waals surface area contributed by atoms with E-state index in [1.165, 1.54) is 6.92 Å². The van der Waals surface area contributed by atoms with Crippen molar-refractivity contribution in [2.24, 2.45) is 5.73 Å². The number of carboxylic acids is 1. The molecule has 2 aromatic heterocycles. The maximum atomic E-state index is 13.5. The molecule has 3 aromatic carbocycles. The van der Waals surface area contributed by atoms with Crippen molar-refractivity contribution >= 4 is 45.5 Å². The highest BCUT2D eigenvalue weighted by Gasteiger charge is 2.29. The van der Waals surface area contributed by atoms with Crippen LogP contribution in [-0.4, -0.2) is 62.9 Å². The first-order valence-electron chi connectivity index (χ1n) is 14.7. The third kappa shape index (κ3) is 7.57. The van der Waals surface area contributed by atoms with Crippen LogP contribution in [0.3, 0.4) is 0 Å². The molecule has 0 spiro atoms. The number of carbonyl (C=O) groups is 4. The number of nitrogens with two attached hydrogens (primary N) is 1. The summed E-state index contributed by atoms with van der Waals surface area (Å²) in [6.45, 7) is 1.46. The van der Waals surface area contributed by atoms with Gasteiger partial charge in [0.1, 0.15) is 18.1 Å². The van der Waals surface area contributed by atoms with Crippen molar-refractivity contribution in [3.8, 4) is 0 Å². The molecule has 3 amide bonds. The molecular formula is C34H36N6O5. The number of amides is 3. The maximum absolute atomic E-state index is 13.5. The Kier molecular flexibility index (Phi) is 9.59. The van der Waals surface area contributed by atoms with Gasteiger partial charge >= 0.3 is 5.97 Å². The minimum atomic E-state index is -1.22. The maximum Gasteiger partial charge on any atom is 0.326 e. The van der Waals surface area contributed by atoms with Gasteiger partial charge in [-0.15, -0.1) is 0 Å². The van der Waals surface area contributed by atoms with Crippen LogP contribution in [0.25, 0.3) is 21.8 Å². The molecule has 5 rings (SSSR count). The second kappa shape index (κ2) is 13.9. The zero-order chi connectivity index (χ0) is 31.9. The van der Waals surface area contributed by atoms with Crippen molar-refractivity contribution in [2.45, 2.75) is 50.4 Å². The molecule has 232 valence electrons. The quantitative estimate of drug-likeness (QED) is 0.108. The highest BCUT2D eigenvalue weighted by molar-refractivity contribution is 5.94. The molecule has 45 heavy (non-hydrogen) atoms. The van der Waals surface area contributed by atoms with Gasteiger partial charge in [-0.05, 0) is 42.2 Å². The van der Waals surface area contributed by atoms with Crippen LogP contribution in [0.4, 0.5) is 0 Å². The first-order chi connectivity index (χ1) is 21.7. The van der Waals surface area contributed by atoms with Crippen LogP contribution in [0.15, 0.2) is 91.3 Å². The summed E-state index contributed by atoms with van der Waals surface area (Å²) in [5.74, 6) is -2.99. The van der Waals surface area contributed by atoms with E-state index in [-0.39, 0.29) is 19.3 Å². The number of aromatic amines is 2. The number of hydrogen-bond acceptors (Lipinski definition) is 5. The smallest absolute Gasteiger partial charge is 0.326 e. The van der Waals surface area contributed by atoms with Gasteiger partial charge in [0.25, 0.3) is 0 Å². The summed E-state index contributed by atoms with van der Waals surface area (Å²) in [7, 11) is 0. The summed E-state index contributed by atoms with van der Waals surface area (Å²) < 4.78 is 0. The third-order valence-corrected chi connectivity index (χ3v) is 7.83. The Labute approximate surface area is 259 Å². The lowest BCUT2D eigenvalue weighted by Crippen LogP contribution is -2.57. The zero-order valence-electron chi connectivity index (χ0n) is 24.7. The number of para-hydroxylation sites is 2. The van der Waals surface area contributed by atoms with Gasteiger partial charge in [-0.1, -0.05) is 66.7 Å². The number of rotatable bonds is 13. The Hall–Kier alpha value is -5.42. The molecule has 0 aliphatic carbocycles. The Morgan fingerprint density at radius 3 is 1.80 bits per heavy atom. The van der Waals surface area contributed by atoms with Crippen molar-refractivity contribution in [2.75, 3.05) is 0 Å². The van der Waals surface area contributed by atoms with Gasteiger partial charge in [-0.3, -0.25) is 14.4 Å². The van der Waals surface area contributed by atoms with E-state index >= 15 is 0 Å². The van der Waals surface area contributed by atoms with Crippen LogP contribution >= 0.6 is 0 Å². The van der Waals surface area contributed by atoms with E-state index in [0.29, 0.717) is 0 Å². The van der Waals surface area contributed by atoms with Crippen LogP contribution in [-0.2, 0) is 38.4 Å². The Morgan fingerprint density at radius 2 is 1.20 bits per heavy atom. The molecule has 0 saturated carbocycles. The van der Waals surface area contributed by atoms with E-state index in [9.17, 15) is 24.3 Å². The Bertz CT molecular complexity index is 1810. The van der Waals surface area contributed by atoms with E-state index in [1.807, 2.05) is 85.1 Å². The monoisotopic (exact) mass is 608 g/mol. The van der Waals surface area contributed by atoms with E-state index in [4.69, 9.17) is 5.73 Å². The molecule has 4 unspecified atom stereocenters. The molecule has 0 fully saturated rings. The number of hydrogen-bond donors (Lipinski definition) is 7. The molecule has 0 bridgehead atoms. The largest absolute Gasteiger partial charge is 0.480 e. The number of aromatic nitrogens is 2. The molecule has 11 heteroatoms. The first-order valence-corrected chi connectivity index (χ1v) is 14.7. The fourth-order valence-corrected chi connectivity index (χ4v) is 5.36. The molecular weight excluding hydrogens is 572 g/mol. The highest BCUT2D eigenvalue weighted by Crippen LogP contribution is 2.20. The second-order valence-corrected chi connectivity index (χ2v) is 11.1. The number of nitrogens with one attached hydrogen (secondary N) is 5. The number of fused-ring (bicyclic) bond motifs is 2. The van der Waals surface area contributed by atoms with E-state index in [1.54, 1.807) is 6.20 Å². The molecule has 0 aliphatic rings. The summed E-state index contributed by atoms with van der Waals surface area (Å²) >= 11 is 0. The summed E-state index contributed by atoms with van der Waals surface area (Å²) in [6.07, 6.45) is 3.99. The number of benzene rings is 3. The minimum Gasteiger partial charge on any atom is -0.480 e. The van der Waals surface area contributed by atoms with Crippen molar-refractivity contribution in [3.63, 3.8) is 0 Å². The van der Waals surface area contributed by atoms with Crippen LogP contribution in [0.5, 0.6) is 0 Å². The van der Waals surface area contributed by atoms with E-state index in [0.717, 1.165) is 38.5 Å². The molecule has 0 radical (unpaired) electrons. The number of carboxylic acid groups (broad SMARTS) is 1. The van der Waals surface area contributed by atoms with Crippen LogP contribution in [0.1, 0.15) is 23.6 Å². The summed E-state index contributed by atoms with van der Waals surface area (Å²) in [4.78, 5) is 58.1. The number of H-pyrrole nitrogens is 2. The van der Waals surface area contributed by atoms with Gasteiger partial charge in [0, 0.05) is 47.0 Å². The second-order valence-electron chi connectivity index (χ2n) is 11.1. The van der Waals surface area contributed by atoms with E-state index < -0.39 is 47.9 Å². The predicted octanol–water partition coefficient (Wildman–Crippen LogP) is 2.56. The topological polar surface area (TPSA) is 182 Å². The van der Waals surface area contributed by atoms with Crippen LogP contribution < -0.4 is 21.7 Å². The lowest BCUT2D eigenvalue weighted by atomic mass is 10.0. The Balaban J connectivity index is 1.24. The summed E-state index contributed by atoms with van der Waals surface area (Å²) in [5, 5.41) is 19.6. The highest BCUT2D eigenvalue weighted by atomic mass is 16.4. The standard InChI is InChI=1S/C34H36N6O5/c1-20(31(41)40-30(34(44)45)17-23-19-37-28-14-8-6-12-25(23)28)38-33(43)29(15-21-9-3-2-4-10-21)39-32(42)26(35)16-22-18-36-27-13-7-5-11-24(22)27/h2-14,18-20,26,29-30,36-37H,15-17,35H2,1H3,(H,38,43)(H,39,42)(H,40,41)(H,44,45). The van der Waals surface area contributed by atoms with Gasteiger partial charge in [-0.25, -0.2) is 4.79 Å². The molecule has 2 heterocycles. The number of carbonyl (C=O) groups excluding carboxylic acids is 3. The van der Waals surface area contributed by atoms with Gasteiger partial charge in [0.2, 0.25) is 17.7 Å². The summed E-state index contributed by atoms with van der Waals surface area (Å²) in [5.41, 5.74) is 10.5. The molecule has 5 aromatic rings. The van der Waals surface area contributed by atoms with Crippen molar-refractivity contribution in [1.29, 1.82) is 0 Å². The van der Waals surface area contributed by atoms with Crippen LogP contribution in [0.2, 0.25) is 0 Å². The summed E-state index contributed by atoms with van der Waals surface area (Å²) in [6, 6.07) is 20.0. The zero-order valence-corrected chi connectivity index (χ0v) is 24.7. The molecule has 4 atom stereocenters. The molecule has 0 saturated heterocycles. The average Bonchev–Trinajstić information content (AvgIpc) is 3.64. The first kappa shape index (κ1) is 31.0. The SMILES string of the molecule is CC(NC(=O)C(Cc1ccccc1)NC(=O)C(N)Cc1c[nH]c2ccccc12)C(=O)NC(Cc1c[nH]c2ccccc12)C(=O)O. The van der Waals surface area contributed by atoms with Crippen molar-refractivity contribution in [1.82, 2.24) is 25.9 Å². The lowest BCUT2D eigenvalue weighted by Gasteiger charge is -2.24. The third-order valence-electron chi connectivity index (χ3n) is 7.83. The van der Waals surface area contributed by atoms with Gasteiger partial charge in [0.05, 0.1) is 6.04 Å². The minimum absolute atomic E-state index is 0.0484. The van der Waals surface area contributed by atoms with Crippen molar-refractivity contribution in [3.05, 3.63) is 108 Å². The predicted molar refractivity (Wildman–Crippen MR) is 171 cm³/mol. The fraction of sp³-hybridized carbons (Fsp3) is 0.235. The van der Waals surface area contributed by atoms with Crippen LogP contribution in [0, 0.1) is 0 Å². The van der Waals surface area contributed by atoms with Crippen molar-refractivity contribution < 1.29 is 24.3 Å². The molecule has 8 N–H and O–H groups in total. The Morgan fingerprint density at radius 1 is 0.667 bits per heavy atom. The number of aliphatic carboxylic acids is 1. The van der Waals surface area contributed by atoms with E-state index in [2.05, 4.69) is 25.9 Å². The normalized spacial score (nSPS) is 13.9. The lowest BCUT2D eigenvalue weighted by molar-refractivity contribution is -0.142. The molecule has 0 aliphatic heterocycles. The average molecular weight is 609 g/mol. The fourth-order valence-electron chi connectivity index (χ4n) is 5.36. The van der Waals surface area contributed by atoms with Gasteiger partial charge < -0.3 is 36.8 Å². The van der Waals surface area contributed by atoms with Gasteiger partial charge in [0.15, 0.2) is 0 Å².